The minimum atomic E-state index is -4.02. The lowest BCUT2D eigenvalue weighted by atomic mass is 10.0. The van der Waals surface area contributed by atoms with Crippen molar-refractivity contribution in [2.45, 2.75) is 63.6 Å². The molecule has 2 atom stereocenters. The summed E-state index contributed by atoms with van der Waals surface area (Å²) in [5.41, 5.74) is 6.22. The predicted octanol–water partition coefficient (Wildman–Crippen LogP) is 5.13. The average molecular weight is 812 g/mol. The van der Waals surface area contributed by atoms with E-state index in [4.69, 9.17) is 5.73 Å². The van der Waals surface area contributed by atoms with Crippen LogP contribution in [0.1, 0.15) is 60.0 Å². The first-order valence-corrected chi connectivity index (χ1v) is 20.1. The molecule has 1 saturated carbocycles. The Morgan fingerprint density at radius 1 is 0.983 bits per heavy atom. The molecule has 8 rings (SSSR count). The van der Waals surface area contributed by atoms with Gasteiger partial charge in [0.05, 0.1) is 39.5 Å². The molecule has 4 N–H and O–H groups in total. The number of piperazine rings is 1. The highest BCUT2D eigenvalue weighted by Crippen LogP contribution is 2.42. The number of amides is 1. The lowest BCUT2D eigenvalue weighted by Crippen LogP contribution is -2.60. The van der Waals surface area contributed by atoms with Crippen molar-refractivity contribution in [2.24, 2.45) is 4.99 Å². The maximum Gasteiger partial charge on any atom is 0.341 e. The van der Waals surface area contributed by atoms with Crippen LogP contribution < -0.4 is 25.7 Å². The Balaban J connectivity index is 1.04. The van der Waals surface area contributed by atoms with Gasteiger partial charge in [0.2, 0.25) is 11.4 Å². The maximum absolute atomic E-state index is 16.6. The number of aromatic nitrogens is 3. The van der Waals surface area contributed by atoms with Gasteiger partial charge >= 0.3 is 5.97 Å². The number of anilines is 4. The van der Waals surface area contributed by atoms with E-state index in [0.29, 0.717) is 41.2 Å². The third-order valence-corrected chi connectivity index (χ3v) is 12.1. The lowest BCUT2D eigenvalue weighted by Gasteiger charge is -2.46. The van der Waals surface area contributed by atoms with Crippen molar-refractivity contribution < 1.29 is 31.9 Å². The average Bonchev–Trinajstić information content (AvgIpc) is 3.97. The van der Waals surface area contributed by atoms with Gasteiger partial charge in [0.25, 0.3) is 15.9 Å². The molecular formula is C40H39F2N9O6S. The molecule has 58 heavy (non-hydrogen) atoms. The molecule has 1 saturated heterocycles. The van der Waals surface area contributed by atoms with Crippen molar-refractivity contribution in [3.05, 3.63) is 105 Å². The van der Waals surface area contributed by atoms with Crippen molar-refractivity contribution >= 4 is 67.2 Å². The summed E-state index contributed by atoms with van der Waals surface area (Å²) >= 11 is 0. The van der Waals surface area contributed by atoms with Gasteiger partial charge in [-0.3, -0.25) is 19.4 Å². The number of hydrogen-bond donors (Lipinski definition) is 3. The van der Waals surface area contributed by atoms with E-state index in [-0.39, 0.29) is 65.9 Å². The maximum atomic E-state index is 16.6. The molecule has 1 amide bonds. The first-order chi connectivity index (χ1) is 27.5. The zero-order valence-electron chi connectivity index (χ0n) is 31.9. The van der Waals surface area contributed by atoms with Crippen molar-refractivity contribution in [1.82, 2.24) is 19.4 Å². The van der Waals surface area contributed by atoms with Gasteiger partial charge in [0.15, 0.2) is 11.6 Å². The smallest absolute Gasteiger partial charge is 0.341 e. The molecule has 3 aliphatic rings. The van der Waals surface area contributed by atoms with Crippen LogP contribution >= 0.6 is 0 Å². The summed E-state index contributed by atoms with van der Waals surface area (Å²) in [5.74, 6) is -4.07. The molecule has 2 aliphatic heterocycles. The van der Waals surface area contributed by atoms with Crippen LogP contribution in [0.4, 0.5) is 37.5 Å². The number of benzene rings is 3. The largest absolute Gasteiger partial charge is 0.477 e. The van der Waals surface area contributed by atoms with Crippen LogP contribution in [0.5, 0.6) is 0 Å². The Hall–Kier alpha value is -6.27. The van der Waals surface area contributed by atoms with Gasteiger partial charge in [-0.05, 0) is 76.9 Å². The summed E-state index contributed by atoms with van der Waals surface area (Å²) in [6, 6.07) is 13.7. The van der Waals surface area contributed by atoms with Crippen molar-refractivity contribution in [3.8, 4) is 0 Å². The summed E-state index contributed by atoms with van der Waals surface area (Å²) in [6.07, 6.45) is 2.39. The normalized spacial score (nSPS) is 19.3. The molecule has 18 heteroatoms. The number of nitrogens with one attached hydrogen (secondary N) is 1. The SMILES string of the molecule is Cc1cc(C)nc(NS(=O)(=O)c2ccc(N=C3C(=O)N(CN4C(C)CN(c5c(F)c(N)c6c(=O)c(C(=O)O)cn(C7CC7)c6c5F)CC4C)c4ccccc43)cc2)n1. The number of aryl methyl sites for hydroxylation is 2. The number of nitrogens with two attached hydrogens (primary N) is 1. The van der Waals surface area contributed by atoms with Gasteiger partial charge in [0.1, 0.15) is 17.0 Å². The van der Waals surface area contributed by atoms with Gasteiger partial charge in [-0.25, -0.2) is 41.7 Å². The number of aromatic carboxylic acids is 1. The molecule has 0 spiro atoms. The Labute approximate surface area is 331 Å². The lowest BCUT2D eigenvalue weighted by molar-refractivity contribution is -0.112. The number of carboxylic acids is 1. The van der Waals surface area contributed by atoms with Crippen LogP contribution in [0.15, 0.2) is 75.5 Å². The van der Waals surface area contributed by atoms with Gasteiger partial charge in [-0.15, -0.1) is 0 Å². The molecule has 300 valence electrons. The Morgan fingerprint density at radius 2 is 1.62 bits per heavy atom. The molecule has 15 nitrogen and oxygen atoms in total. The summed E-state index contributed by atoms with van der Waals surface area (Å²) in [7, 11) is -4.02. The number of sulfonamides is 1. The highest BCUT2D eigenvalue weighted by Gasteiger charge is 2.40. The summed E-state index contributed by atoms with van der Waals surface area (Å²) in [5, 5.41) is 9.16. The molecule has 3 aromatic carbocycles. The molecule has 2 unspecified atom stereocenters. The van der Waals surface area contributed by atoms with E-state index in [2.05, 4.69) is 19.7 Å². The number of carbonyl (C=O) groups is 2. The monoisotopic (exact) mass is 811 g/mol. The number of nitrogen functional groups attached to an aromatic ring is 1. The quantitative estimate of drug-likeness (QED) is 0.167. The number of aliphatic imine (C=N–C) groups is 1. The van der Waals surface area contributed by atoms with Gasteiger partial charge < -0.3 is 20.3 Å². The highest BCUT2D eigenvalue weighted by molar-refractivity contribution is 7.92. The summed E-state index contributed by atoms with van der Waals surface area (Å²) in [4.78, 5) is 57.2. The van der Waals surface area contributed by atoms with Crippen molar-refractivity contribution in [1.29, 1.82) is 0 Å². The molecule has 2 aromatic heterocycles. The number of fused-ring (bicyclic) bond motifs is 2. The molecule has 0 radical (unpaired) electrons. The third-order valence-electron chi connectivity index (χ3n) is 10.8. The van der Waals surface area contributed by atoms with E-state index in [1.165, 1.54) is 28.8 Å². The second-order valence-electron chi connectivity index (χ2n) is 15.0. The van der Waals surface area contributed by atoms with Gasteiger partial charge in [0, 0.05) is 54.4 Å². The van der Waals surface area contributed by atoms with E-state index in [0.717, 1.165) is 6.20 Å². The molecule has 0 bridgehead atoms. The number of pyridine rings is 1. The van der Waals surface area contributed by atoms with Crippen LogP contribution in [0.25, 0.3) is 10.9 Å². The Bertz CT molecular complexity index is 2720. The van der Waals surface area contributed by atoms with E-state index in [1.54, 1.807) is 54.0 Å². The van der Waals surface area contributed by atoms with Crippen molar-refractivity contribution in [3.63, 3.8) is 0 Å². The fourth-order valence-corrected chi connectivity index (χ4v) is 8.84. The third kappa shape index (κ3) is 6.70. The number of nitrogens with zero attached hydrogens (tertiary/aromatic N) is 7. The second-order valence-corrected chi connectivity index (χ2v) is 16.7. The van der Waals surface area contributed by atoms with Crippen LogP contribution in [0.3, 0.4) is 0 Å². The summed E-state index contributed by atoms with van der Waals surface area (Å²) < 4.78 is 62.7. The minimum absolute atomic E-state index is 0.0446. The first-order valence-electron chi connectivity index (χ1n) is 18.6. The highest BCUT2D eigenvalue weighted by atomic mass is 32.2. The molecule has 4 heterocycles. The second kappa shape index (κ2) is 14.3. The first kappa shape index (κ1) is 38.6. The number of hydrogen-bond acceptors (Lipinski definition) is 11. The van der Waals surface area contributed by atoms with Crippen LogP contribution in [0.2, 0.25) is 0 Å². The molecular weight excluding hydrogens is 773 g/mol. The van der Waals surface area contributed by atoms with E-state index in [1.807, 2.05) is 18.7 Å². The van der Waals surface area contributed by atoms with E-state index < -0.39 is 55.4 Å². The topological polar surface area (TPSA) is 196 Å². The minimum Gasteiger partial charge on any atom is -0.477 e. The van der Waals surface area contributed by atoms with E-state index >= 15 is 8.78 Å². The number of para-hydroxylation sites is 1. The fraction of sp³-hybridized carbons (Fsp3) is 0.300. The van der Waals surface area contributed by atoms with Gasteiger partial charge in [-0.1, -0.05) is 18.2 Å². The zero-order valence-corrected chi connectivity index (χ0v) is 32.7. The number of rotatable bonds is 9. The van der Waals surface area contributed by atoms with E-state index in [9.17, 15) is 27.9 Å². The number of halogens is 2. The Kier molecular flexibility index (Phi) is 9.50. The number of carboxylic acid groups (broad SMARTS) is 1. The van der Waals surface area contributed by atoms with Crippen molar-refractivity contribution in [2.75, 3.05) is 40.0 Å². The van der Waals surface area contributed by atoms with Gasteiger partial charge in [-0.2, -0.15) is 0 Å². The fourth-order valence-electron chi connectivity index (χ4n) is 7.89. The molecule has 5 aromatic rings. The standard InChI is InChI=1S/C40H39F2N9O6S/c1-20-15-21(2)45-40(44-20)47-58(56,57)26-13-9-24(10-14-26)46-34-27-7-5-6-8-29(27)51(38(34)53)19-50-22(3)16-48(17-23(50)4)36-31(41)33(43)30-35(32(36)42)49(25-11-12-25)18-28(37(30)52)39(54)55/h5-10,13-15,18,22-23,25H,11-12,16-17,19,43H2,1-4H3,(H,54,55)(H,44,45,47). The molecule has 1 aliphatic carbocycles. The zero-order chi connectivity index (χ0) is 41.4. The Morgan fingerprint density at radius 3 is 2.24 bits per heavy atom. The molecule has 2 fully saturated rings. The predicted molar refractivity (Wildman–Crippen MR) is 214 cm³/mol. The van der Waals surface area contributed by atoms with Crippen LogP contribution in [-0.2, 0) is 14.8 Å². The number of carbonyl (C=O) groups excluding carboxylic acids is 1. The van der Waals surface area contributed by atoms with Crippen LogP contribution in [-0.4, -0.2) is 82.4 Å². The summed E-state index contributed by atoms with van der Waals surface area (Å²) in [6.45, 7) is 7.61. The van der Waals surface area contributed by atoms with Crippen LogP contribution in [0, 0.1) is 25.5 Å².